The molecule has 0 radical (unpaired) electrons. The number of benzene rings is 2. The van der Waals surface area contributed by atoms with Gasteiger partial charge < -0.3 is 4.74 Å². The fourth-order valence-corrected chi connectivity index (χ4v) is 2.99. The number of carbonyl (C=O) groups is 1. The van der Waals surface area contributed by atoms with E-state index >= 15 is 0 Å². The smallest absolute Gasteiger partial charge is 0.250 e. The van der Waals surface area contributed by atoms with E-state index in [0.29, 0.717) is 5.13 Å². The third kappa shape index (κ3) is 4.91. The van der Waals surface area contributed by atoms with Crippen LogP contribution in [-0.4, -0.2) is 18.0 Å². The molecule has 130 valence electrons. The van der Waals surface area contributed by atoms with Gasteiger partial charge in [-0.05, 0) is 17.7 Å². The second kappa shape index (κ2) is 8.78. The van der Waals surface area contributed by atoms with Gasteiger partial charge >= 0.3 is 0 Å². The predicted octanol–water partition coefficient (Wildman–Crippen LogP) is 5.03. The minimum Gasteiger partial charge on any atom is -0.497 e. The Hall–Kier alpha value is -3.18. The van der Waals surface area contributed by atoms with Gasteiger partial charge in [0.1, 0.15) is 5.75 Å². The molecule has 0 unspecified atom stereocenters. The number of rotatable bonds is 6. The molecule has 0 saturated carbocycles. The fourth-order valence-electron chi connectivity index (χ4n) is 2.27. The summed E-state index contributed by atoms with van der Waals surface area (Å²) in [5.41, 5.74) is 2.83. The number of ether oxygens (including phenoxy) is 1. The van der Waals surface area contributed by atoms with Crippen molar-refractivity contribution < 1.29 is 9.53 Å². The molecular weight excluding hydrogens is 344 g/mol. The highest BCUT2D eigenvalue weighted by molar-refractivity contribution is 7.14. The van der Waals surface area contributed by atoms with Crippen LogP contribution in [-0.2, 0) is 4.79 Å². The van der Waals surface area contributed by atoms with Crippen molar-refractivity contribution in [2.75, 3.05) is 12.4 Å². The number of methoxy groups -OCH3 is 1. The summed E-state index contributed by atoms with van der Waals surface area (Å²) in [4.78, 5) is 16.4. The minimum atomic E-state index is -0.214. The van der Waals surface area contributed by atoms with Gasteiger partial charge in [-0.2, -0.15) is 0 Å². The zero-order chi connectivity index (χ0) is 18.2. The van der Waals surface area contributed by atoms with Crippen LogP contribution in [0.4, 0.5) is 5.13 Å². The second-order valence-corrected chi connectivity index (χ2v) is 6.25. The highest BCUT2D eigenvalue weighted by Gasteiger charge is 2.07. The van der Waals surface area contributed by atoms with Crippen LogP contribution >= 0.6 is 11.3 Å². The van der Waals surface area contributed by atoms with Crippen molar-refractivity contribution in [2.45, 2.75) is 0 Å². The molecule has 1 amide bonds. The van der Waals surface area contributed by atoms with Crippen molar-refractivity contribution in [1.29, 1.82) is 0 Å². The molecule has 0 aliphatic heterocycles. The Bertz CT molecular complexity index is 930. The van der Waals surface area contributed by atoms with Gasteiger partial charge in [0.05, 0.1) is 12.8 Å². The van der Waals surface area contributed by atoms with E-state index in [0.717, 1.165) is 22.6 Å². The van der Waals surface area contributed by atoms with Crippen molar-refractivity contribution >= 4 is 28.5 Å². The molecule has 0 bridgehead atoms. The predicted molar refractivity (Wildman–Crippen MR) is 107 cm³/mol. The maximum Gasteiger partial charge on any atom is 0.250 e. The van der Waals surface area contributed by atoms with Gasteiger partial charge in [0.2, 0.25) is 5.91 Å². The summed E-state index contributed by atoms with van der Waals surface area (Å²) in [6.45, 7) is 0. The van der Waals surface area contributed by atoms with Gasteiger partial charge in [-0.15, -0.1) is 11.3 Å². The van der Waals surface area contributed by atoms with Crippen molar-refractivity contribution in [3.8, 4) is 17.0 Å². The van der Waals surface area contributed by atoms with Crippen LogP contribution in [0.5, 0.6) is 5.75 Å². The Morgan fingerprint density at radius 1 is 1.12 bits per heavy atom. The molecule has 4 nitrogen and oxygen atoms in total. The lowest BCUT2D eigenvalue weighted by Crippen LogP contribution is -2.07. The highest BCUT2D eigenvalue weighted by atomic mass is 32.1. The second-order valence-electron chi connectivity index (χ2n) is 5.39. The molecule has 0 aliphatic rings. The summed E-state index contributed by atoms with van der Waals surface area (Å²) in [5, 5.41) is 5.24. The van der Waals surface area contributed by atoms with Crippen LogP contribution < -0.4 is 10.1 Å². The van der Waals surface area contributed by atoms with E-state index in [9.17, 15) is 4.79 Å². The molecule has 3 rings (SSSR count). The Kier molecular flexibility index (Phi) is 5.96. The molecule has 0 fully saturated rings. The zero-order valence-electron chi connectivity index (χ0n) is 14.3. The molecule has 0 aliphatic carbocycles. The largest absolute Gasteiger partial charge is 0.497 e. The average molecular weight is 362 g/mol. The molecule has 1 aromatic heterocycles. The van der Waals surface area contributed by atoms with E-state index in [4.69, 9.17) is 4.74 Å². The lowest BCUT2D eigenvalue weighted by molar-refractivity contribution is -0.111. The van der Waals surface area contributed by atoms with Gasteiger partial charge in [-0.3, -0.25) is 10.1 Å². The van der Waals surface area contributed by atoms with Gasteiger partial charge in [-0.1, -0.05) is 60.7 Å². The molecule has 0 atom stereocenters. The molecule has 26 heavy (non-hydrogen) atoms. The van der Waals surface area contributed by atoms with Crippen molar-refractivity contribution in [3.63, 3.8) is 0 Å². The number of amides is 1. The van der Waals surface area contributed by atoms with Gasteiger partial charge in [0.25, 0.3) is 0 Å². The number of nitrogens with zero attached hydrogens (tertiary/aromatic N) is 1. The van der Waals surface area contributed by atoms with Crippen molar-refractivity contribution in [3.05, 3.63) is 83.8 Å². The number of hydrogen-bond donors (Lipinski definition) is 1. The Morgan fingerprint density at radius 3 is 2.77 bits per heavy atom. The topological polar surface area (TPSA) is 51.2 Å². The lowest BCUT2D eigenvalue weighted by Gasteiger charge is -2.01. The molecule has 5 heteroatoms. The summed E-state index contributed by atoms with van der Waals surface area (Å²) in [6, 6.07) is 17.6. The fraction of sp³-hybridized carbons (Fsp3) is 0.0476. The van der Waals surface area contributed by atoms with Crippen LogP contribution in [0.25, 0.3) is 17.3 Å². The molecule has 2 aromatic carbocycles. The van der Waals surface area contributed by atoms with E-state index in [2.05, 4.69) is 10.3 Å². The van der Waals surface area contributed by atoms with E-state index in [1.807, 2.05) is 72.1 Å². The quantitative estimate of drug-likeness (QED) is 0.494. The Labute approximate surface area is 156 Å². The summed E-state index contributed by atoms with van der Waals surface area (Å²) in [6.07, 6.45) is 6.96. The third-order valence-corrected chi connectivity index (χ3v) is 4.30. The van der Waals surface area contributed by atoms with Crippen LogP contribution in [0.1, 0.15) is 5.56 Å². The van der Waals surface area contributed by atoms with E-state index < -0.39 is 0 Å². The lowest BCUT2D eigenvalue weighted by atomic mass is 10.2. The Balaban J connectivity index is 1.59. The zero-order valence-corrected chi connectivity index (χ0v) is 15.1. The number of allylic oxidation sites excluding steroid dienone is 2. The third-order valence-electron chi connectivity index (χ3n) is 3.55. The Morgan fingerprint density at radius 2 is 1.96 bits per heavy atom. The molecule has 0 saturated heterocycles. The first kappa shape index (κ1) is 17.6. The van der Waals surface area contributed by atoms with Gasteiger partial charge in [0.15, 0.2) is 5.13 Å². The van der Waals surface area contributed by atoms with Gasteiger partial charge in [0, 0.05) is 17.0 Å². The monoisotopic (exact) mass is 362 g/mol. The molecule has 3 aromatic rings. The first-order valence-corrected chi connectivity index (χ1v) is 8.93. The normalized spacial score (nSPS) is 11.1. The van der Waals surface area contributed by atoms with Crippen LogP contribution in [0.2, 0.25) is 0 Å². The molecule has 1 N–H and O–H groups in total. The van der Waals surface area contributed by atoms with Gasteiger partial charge in [-0.25, -0.2) is 4.98 Å². The summed E-state index contributed by atoms with van der Waals surface area (Å²) >= 11 is 1.39. The van der Waals surface area contributed by atoms with E-state index in [1.165, 1.54) is 17.4 Å². The number of thiazole rings is 1. The number of nitrogens with one attached hydrogen (secondary N) is 1. The van der Waals surface area contributed by atoms with Crippen LogP contribution in [0.15, 0.2) is 78.2 Å². The first-order valence-electron chi connectivity index (χ1n) is 8.05. The summed E-state index contributed by atoms with van der Waals surface area (Å²) in [5.74, 6) is 0.559. The summed E-state index contributed by atoms with van der Waals surface area (Å²) in [7, 11) is 1.63. The van der Waals surface area contributed by atoms with E-state index in [1.54, 1.807) is 13.2 Å². The minimum absolute atomic E-state index is 0.214. The van der Waals surface area contributed by atoms with E-state index in [-0.39, 0.29) is 5.91 Å². The highest BCUT2D eigenvalue weighted by Crippen LogP contribution is 2.27. The average Bonchev–Trinajstić information content (AvgIpc) is 3.14. The maximum atomic E-state index is 12.0. The molecular formula is C21H18N2O2S. The van der Waals surface area contributed by atoms with Crippen LogP contribution in [0, 0.1) is 0 Å². The molecule has 1 heterocycles. The standard InChI is InChI=1S/C21H18N2O2S/c1-25-18-12-7-11-17(14-18)19-15-26-21(22-19)23-20(24)13-6-5-10-16-8-3-2-4-9-16/h2-15H,1H3,(H,22,23,24). The summed E-state index contributed by atoms with van der Waals surface area (Å²) < 4.78 is 5.22. The number of hydrogen-bond acceptors (Lipinski definition) is 4. The van der Waals surface area contributed by atoms with Crippen molar-refractivity contribution in [2.24, 2.45) is 0 Å². The number of anilines is 1. The number of aromatic nitrogens is 1. The number of carbonyl (C=O) groups excluding carboxylic acids is 1. The SMILES string of the molecule is COc1cccc(-c2csc(NC(=O)C=CC=Cc3ccccc3)n2)c1. The maximum absolute atomic E-state index is 12.0. The van der Waals surface area contributed by atoms with Crippen LogP contribution in [0.3, 0.4) is 0 Å². The van der Waals surface area contributed by atoms with Crippen molar-refractivity contribution in [1.82, 2.24) is 4.98 Å². The first-order chi connectivity index (χ1) is 12.7. The molecule has 0 spiro atoms.